The molecule has 0 aliphatic carbocycles. The summed E-state index contributed by atoms with van der Waals surface area (Å²) in [5.74, 6) is 1.77. The van der Waals surface area contributed by atoms with Crippen molar-refractivity contribution >= 4 is 0 Å². The zero-order valence-corrected chi connectivity index (χ0v) is 10.1. The Labute approximate surface area is 89.8 Å². The molecular weight excluding hydrogens is 170 g/mol. The number of rotatable bonds is 8. The fraction of sp³-hybridized carbons (Fsp3) is 0.846. The van der Waals surface area contributed by atoms with Crippen LogP contribution in [0.3, 0.4) is 0 Å². The van der Waals surface area contributed by atoms with E-state index in [0.717, 1.165) is 18.3 Å². The molecule has 0 aliphatic heterocycles. The van der Waals surface area contributed by atoms with Gasteiger partial charge in [-0.3, -0.25) is 0 Å². The molecule has 84 valence electrons. The smallest absolute Gasteiger partial charge is 0.0103 e. The predicted octanol–water partition coefficient (Wildman–Crippen LogP) is 4.09. The third-order valence-corrected chi connectivity index (χ3v) is 3.12. The van der Waals surface area contributed by atoms with Crippen molar-refractivity contribution in [1.82, 2.24) is 0 Å². The van der Waals surface area contributed by atoms with E-state index in [1.54, 1.807) is 6.20 Å². The molecule has 14 heavy (non-hydrogen) atoms. The molecule has 2 unspecified atom stereocenters. The van der Waals surface area contributed by atoms with E-state index in [4.69, 9.17) is 5.73 Å². The normalized spacial score (nSPS) is 15.9. The minimum Gasteiger partial charge on any atom is -0.405 e. The summed E-state index contributed by atoms with van der Waals surface area (Å²) < 4.78 is 0. The third kappa shape index (κ3) is 6.06. The molecular formula is C13H27N. The molecule has 0 radical (unpaired) electrons. The van der Waals surface area contributed by atoms with Gasteiger partial charge < -0.3 is 5.73 Å². The molecule has 0 aliphatic rings. The predicted molar refractivity (Wildman–Crippen MR) is 65.0 cm³/mol. The molecule has 2 atom stereocenters. The lowest BCUT2D eigenvalue weighted by molar-refractivity contribution is 0.336. The van der Waals surface area contributed by atoms with Gasteiger partial charge in [-0.15, -0.1) is 0 Å². The maximum Gasteiger partial charge on any atom is -0.0103 e. The van der Waals surface area contributed by atoms with Crippen molar-refractivity contribution in [2.45, 2.75) is 59.3 Å². The molecule has 1 nitrogen and oxygen atoms in total. The van der Waals surface area contributed by atoms with Crippen molar-refractivity contribution in [1.29, 1.82) is 0 Å². The lowest BCUT2D eigenvalue weighted by Crippen LogP contribution is -2.07. The van der Waals surface area contributed by atoms with Gasteiger partial charge in [0.2, 0.25) is 0 Å². The minimum absolute atomic E-state index is 0.839. The highest BCUT2D eigenvalue weighted by Gasteiger charge is 2.11. The average molecular weight is 197 g/mol. The summed E-state index contributed by atoms with van der Waals surface area (Å²) in [6.07, 6.45) is 11.6. The molecule has 0 bridgehead atoms. The van der Waals surface area contributed by atoms with Crippen molar-refractivity contribution in [3.05, 3.63) is 12.3 Å². The van der Waals surface area contributed by atoms with E-state index in [9.17, 15) is 0 Å². The molecule has 0 rings (SSSR count). The van der Waals surface area contributed by atoms with Gasteiger partial charge in [0.05, 0.1) is 0 Å². The van der Waals surface area contributed by atoms with Crippen molar-refractivity contribution in [3.63, 3.8) is 0 Å². The maximum absolute atomic E-state index is 5.37. The van der Waals surface area contributed by atoms with Crippen LogP contribution < -0.4 is 5.73 Å². The molecule has 0 heterocycles. The van der Waals surface area contributed by atoms with Crippen molar-refractivity contribution < 1.29 is 0 Å². The van der Waals surface area contributed by atoms with Gasteiger partial charge in [0.25, 0.3) is 0 Å². The van der Waals surface area contributed by atoms with Crippen molar-refractivity contribution in [2.75, 3.05) is 0 Å². The van der Waals surface area contributed by atoms with Crippen LogP contribution in [-0.4, -0.2) is 0 Å². The van der Waals surface area contributed by atoms with Gasteiger partial charge in [-0.1, -0.05) is 52.5 Å². The van der Waals surface area contributed by atoms with Crippen LogP contribution in [0, 0.1) is 11.8 Å². The Hall–Kier alpha value is -0.460. The summed E-state index contributed by atoms with van der Waals surface area (Å²) in [4.78, 5) is 0. The molecule has 0 aromatic rings. The summed E-state index contributed by atoms with van der Waals surface area (Å²) in [5, 5.41) is 0. The molecule has 0 aromatic carbocycles. The van der Waals surface area contributed by atoms with E-state index in [1.165, 1.54) is 32.1 Å². The van der Waals surface area contributed by atoms with Crippen LogP contribution in [-0.2, 0) is 0 Å². The van der Waals surface area contributed by atoms with E-state index >= 15 is 0 Å². The SMILES string of the molecule is CCCC(CC)CC(CC)C/C=C/N. The van der Waals surface area contributed by atoms with E-state index in [1.807, 2.05) is 0 Å². The van der Waals surface area contributed by atoms with Crippen LogP contribution in [0.5, 0.6) is 0 Å². The Balaban J connectivity index is 3.86. The molecule has 0 amide bonds. The van der Waals surface area contributed by atoms with Crippen LogP contribution in [0.2, 0.25) is 0 Å². The third-order valence-electron chi connectivity index (χ3n) is 3.12. The topological polar surface area (TPSA) is 26.0 Å². The number of hydrogen-bond acceptors (Lipinski definition) is 1. The van der Waals surface area contributed by atoms with Gasteiger partial charge in [0.15, 0.2) is 0 Å². The van der Waals surface area contributed by atoms with Gasteiger partial charge in [0, 0.05) is 0 Å². The Kier molecular flexibility index (Phi) is 8.81. The number of allylic oxidation sites excluding steroid dienone is 1. The highest BCUT2D eigenvalue weighted by atomic mass is 14.5. The Morgan fingerprint density at radius 1 is 1.07 bits per heavy atom. The summed E-state index contributed by atoms with van der Waals surface area (Å²) in [5.41, 5.74) is 5.37. The zero-order chi connectivity index (χ0) is 10.8. The van der Waals surface area contributed by atoms with Crippen LogP contribution in [0.25, 0.3) is 0 Å². The summed E-state index contributed by atoms with van der Waals surface area (Å²) in [7, 11) is 0. The van der Waals surface area contributed by atoms with E-state index in [2.05, 4.69) is 26.8 Å². The van der Waals surface area contributed by atoms with Gasteiger partial charge >= 0.3 is 0 Å². The lowest BCUT2D eigenvalue weighted by atomic mass is 9.86. The Bertz CT molecular complexity index is 140. The number of nitrogens with two attached hydrogens (primary N) is 1. The minimum atomic E-state index is 0.839. The first-order chi connectivity index (χ1) is 6.78. The standard InChI is InChI=1S/C13H27N/c1-4-8-12(5-2)11-13(6-3)9-7-10-14/h7,10,12-13H,4-6,8-9,11,14H2,1-3H3/b10-7+. The van der Waals surface area contributed by atoms with E-state index in [-0.39, 0.29) is 0 Å². The maximum atomic E-state index is 5.37. The monoisotopic (exact) mass is 197 g/mol. The quantitative estimate of drug-likeness (QED) is 0.623. The molecule has 0 saturated heterocycles. The van der Waals surface area contributed by atoms with Gasteiger partial charge in [-0.25, -0.2) is 0 Å². The molecule has 2 N–H and O–H groups in total. The second-order valence-electron chi connectivity index (χ2n) is 4.24. The highest BCUT2D eigenvalue weighted by molar-refractivity contribution is 4.80. The zero-order valence-electron chi connectivity index (χ0n) is 10.1. The Morgan fingerprint density at radius 2 is 1.71 bits per heavy atom. The second kappa shape index (κ2) is 9.11. The summed E-state index contributed by atoms with van der Waals surface area (Å²) in [6, 6.07) is 0. The van der Waals surface area contributed by atoms with Gasteiger partial charge in [0.1, 0.15) is 0 Å². The molecule has 0 spiro atoms. The fourth-order valence-corrected chi connectivity index (χ4v) is 2.07. The molecule has 0 saturated carbocycles. The van der Waals surface area contributed by atoms with E-state index < -0.39 is 0 Å². The Morgan fingerprint density at radius 3 is 2.14 bits per heavy atom. The second-order valence-corrected chi connectivity index (χ2v) is 4.24. The molecule has 1 heteroatoms. The highest BCUT2D eigenvalue weighted by Crippen LogP contribution is 2.25. The summed E-state index contributed by atoms with van der Waals surface area (Å²) in [6.45, 7) is 6.88. The first-order valence-corrected chi connectivity index (χ1v) is 6.15. The number of hydrogen-bond donors (Lipinski definition) is 1. The molecule has 0 fully saturated rings. The van der Waals surface area contributed by atoms with Gasteiger partial charge in [-0.05, 0) is 30.9 Å². The van der Waals surface area contributed by atoms with E-state index in [0.29, 0.717) is 0 Å². The summed E-state index contributed by atoms with van der Waals surface area (Å²) >= 11 is 0. The van der Waals surface area contributed by atoms with Crippen molar-refractivity contribution in [2.24, 2.45) is 17.6 Å². The van der Waals surface area contributed by atoms with Gasteiger partial charge in [-0.2, -0.15) is 0 Å². The first kappa shape index (κ1) is 13.5. The lowest BCUT2D eigenvalue weighted by Gasteiger charge is -2.20. The van der Waals surface area contributed by atoms with Crippen LogP contribution in [0.15, 0.2) is 12.3 Å². The van der Waals surface area contributed by atoms with Crippen LogP contribution in [0.1, 0.15) is 59.3 Å². The van der Waals surface area contributed by atoms with Crippen LogP contribution in [0.4, 0.5) is 0 Å². The first-order valence-electron chi connectivity index (χ1n) is 6.15. The molecule has 0 aromatic heterocycles. The fourth-order valence-electron chi connectivity index (χ4n) is 2.07. The van der Waals surface area contributed by atoms with Crippen LogP contribution >= 0.6 is 0 Å². The average Bonchev–Trinajstić information content (AvgIpc) is 2.22. The largest absolute Gasteiger partial charge is 0.405 e. The van der Waals surface area contributed by atoms with Crippen molar-refractivity contribution in [3.8, 4) is 0 Å².